The van der Waals surface area contributed by atoms with Gasteiger partial charge in [0.2, 0.25) is 0 Å². The van der Waals surface area contributed by atoms with Crippen molar-refractivity contribution in [2.75, 3.05) is 5.75 Å². The lowest BCUT2D eigenvalue weighted by Crippen LogP contribution is -2.30. The Bertz CT molecular complexity index is 896. The van der Waals surface area contributed by atoms with Crippen molar-refractivity contribution in [2.45, 2.75) is 17.4 Å². The second-order valence-corrected chi connectivity index (χ2v) is 6.86. The van der Waals surface area contributed by atoms with E-state index < -0.39 is 0 Å². The smallest absolute Gasteiger partial charge is 0.253 e. The van der Waals surface area contributed by atoms with Crippen LogP contribution in [0, 0.1) is 5.82 Å². The fourth-order valence-corrected chi connectivity index (χ4v) is 3.93. The van der Waals surface area contributed by atoms with E-state index in [9.17, 15) is 9.18 Å². The Kier molecular flexibility index (Phi) is 4.23. The molecule has 2 aromatic heterocycles. The van der Waals surface area contributed by atoms with Crippen molar-refractivity contribution < 1.29 is 9.18 Å². The number of imidazole rings is 1. The van der Waals surface area contributed by atoms with E-state index in [4.69, 9.17) is 0 Å². The zero-order valence-corrected chi connectivity index (χ0v) is 14.0. The van der Waals surface area contributed by atoms with Gasteiger partial charge >= 0.3 is 0 Å². The van der Waals surface area contributed by atoms with Gasteiger partial charge in [-0.3, -0.25) is 9.36 Å². The number of hydrogen-bond donors (Lipinski definition) is 1. The van der Waals surface area contributed by atoms with Gasteiger partial charge in [0.25, 0.3) is 5.91 Å². The van der Waals surface area contributed by atoms with E-state index in [-0.39, 0.29) is 17.8 Å². The molecule has 1 unspecified atom stereocenters. The highest BCUT2D eigenvalue weighted by Crippen LogP contribution is 2.36. The SMILES string of the molecule is O=C(NC1CCSc2ccc(F)cc21)c1ccc(-n2ccnc2)nc1. The van der Waals surface area contributed by atoms with Crippen LogP contribution in [0.3, 0.4) is 0 Å². The van der Waals surface area contributed by atoms with E-state index >= 15 is 0 Å². The monoisotopic (exact) mass is 354 g/mol. The van der Waals surface area contributed by atoms with Gasteiger partial charge < -0.3 is 5.32 Å². The summed E-state index contributed by atoms with van der Waals surface area (Å²) in [6.45, 7) is 0. The second kappa shape index (κ2) is 6.68. The highest BCUT2D eigenvalue weighted by molar-refractivity contribution is 7.99. The van der Waals surface area contributed by atoms with Crippen molar-refractivity contribution in [1.82, 2.24) is 19.9 Å². The van der Waals surface area contributed by atoms with Gasteiger partial charge in [-0.25, -0.2) is 14.4 Å². The van der Waals surface area contributed by atoms with E-state index in [1.807, 2.05) is 0 Å². The molecule has 4 rings (SSSR count). The van der Waals surface area contributed by atoms with Gasteiger partial charge in [-0.1, -0.05) is 0 Å². The van der Waals surface area contributed by atoms with E-state index in [1.54, 1.807) is 53.2 Å². The number of fused-ring (bicyclic) bond motifs is 1. The lowest BCUT2D eigenvalue weighted by Gasteiger charge is -2.26. The van der Waals surface area contributed by atoms with Crippen LogP contribution >= 0.6 is 11.8 Å². The van der Waals surface area contributed by atoms with Gasteiger partial charge in [-0.2, -0.15) is 0 Å². The molecule has 1 atom stereocenters. The summed E-state index contributed by atoms with van der Waals surface area (Å²) in [5, 5.41) is 2.99. The number of nitrogens with one attached hydrogen (secondary N) is 1. The van der Waals surface area contributed by atoms with E-state index in [0.717, 1.165) is 22.6 Å². The first kappa shape index (κ1) is 15.8. The Morgan fingerprint density at radius 2 is 2.24 bits per heavy atom. The van der Waals surface area contributed by atoms with E-state index in [0.29, 0.717) is 11.4 Å². The molecule has 0 saturated heterocycles. The Labute approximate surface area is 148 Å². The highest BCUT2D eigenvalue weighted by atomic mass is 32.2. The molecule has 5 nitrogen and oxygen atoms in total. The van der Waals surface area contributed by atoms with Crippen molar-refractivity contribution in [3.63, 3.8) is 0 Å². The van der Waals surface area contributed by atoms with Crippen LogP contribution in [0.4, 0.5) is 4.39 Å². The van der Waals surface area contributed by atoms with Crippen LogP contribution in [0.25, 0.3) is 5.82 Å². The number of aromatic nitrogens is 3. The predicted octanol–water partition coefficient (Wildman–Crippen LogP) is 3.37. The number of hydrogen-bond acceptors (Lipinski definition) is 4. The molecular formula is C18H15FN4OS. The van der Waals surface area contributed by atoms with Crippen molar-refractivity contribution in [1.29, 1.82) is 0 Å². The quantitative estimate of drug-likeness (QED) is 0.783. The molecule has 3 heterocycles. The molecule has 1 aromatic carbocycles. The molecule has 0 spiro atoms. The summed E-state index contributed by atoms with van der Waals surface area (Å²) in [5.41, 5.74) is 1.31. The van der Waals surface area contributed by atoms with E-state index in [1.165, 1.54) is 18.3 Å². The number of halogens is 1. The Morgan fingerprint density at radius 3 is 3.00 bits per heavy atom. The molecule has 1 amide bonds. The van der Waals surface area contributed by atoms with Crippen LogP contribution in [0.1, 0.15) is 28.4 Å². The molecule has 1 aliphatic rings. The summed E-state index contributed by atoms with van der Waals surface area (Å²) < 4.78 is 15.3. The minimum Gasteiger partial charge on any atom is -0.345 e. The largest absolute Gasteiger partial charge is 0.345 e. The molecule has 1 aliphatic heterocycles. The van der Waals surface area contributed by atoms with Crippen molar-refractivity contribution in [2.24, 2.45) is 0 Å². The van der Waals surface area contributed by atoms with Crippen LogP contribution < -0.4 is 5.32 Å². The first-order chi connectivity index (χ1) is 12.2. The molecule has 0 saturated carbocycles. The van der Waals surface area contributed by atoms with Crippen molar-refractivity contribution in [3.05, 3.63) is 72.2 Å². The average molecular weight is 354 g/mol. The number of pyridine rings is 1. The molecule has 0 aliphatic carbocycles. The fraction of sp³-hybridized carbons (Fsp3) is 0.167. The Balaban J connectivity index is 1.52. The van der Waals surface area contributed by atoms with Gasteiger partial charge in [0.15, 0.2) is 0 Å². The van der Waals surface area contributed by atoms with Gasteiger partial charge in [0.05, 0.1) is 11.6 Å². The third-order valence-corrected chi connectivity index (χ3v) is 5.22. The van der Waals surface area contributed by atoms with Gasteiger partial charge in [0.1, 0.15) is 18.0 Å². The minimum atomic E-state index is -0.285. The number of nitrogens with zero attached hydrogens (tertiary/aromatic N) is 3. The molecule has 1 N–H and O–H groups in total. The summed E-state index contributed by atoms with van der Waals surface area (Å²) in [4.78, 5) is 21.8. The number of carbonyl (C=O) groups is 1. The standard InChI is InChI=1S/C18H15FN4OS/c19-13-2-3-16-14(9-13)15(5-8-25-16)22-18(24)12-1-4-17(21-10-12)23-7-6-20-11-23/h1-4,6-7,9-11,15H,5,8H2,(H,22,24). The van der Waals surface area contributed by atoms with Gasteiger partial charge in [-0.05, 0) is 42.3 Å². The molecule has 7 heteroatoms. The third kappa shape index (κ3) is 3.28. The maximum atomic E-state index is 13.6. The first-order valence-corrected chi connectivity index (χ1v) is 8.87. The lowest BCUT2D eigenvalue weighted by atomic mass is 10.0. The zero-order chi connectivity index (χ0) is 17.2. The normalized spacial score (nSPS) is 16.3. The summed E-state index contributed by atoms with van der Waals surface area (Å²) in [6, 6.07) is 8.03. The van der Waals surface area contributed by atoms with Crippen LogP contribution in [-0.4, -0.2) is 26.2 Å². The summed E-state index contributed by atoms with van der Waals surface area (Å²) in [6.07, 6.45) is 7.41. The number of benzene rings is 1. The highest BCUT2D eigenvalue weighted by Gasteiger charge is 2.23. The number of amides is 1. The number of rotatable bonds is 3. The van der Waals surface area contributed by atoms with E-state index in [2.05, 4.69) is 15.3 Å². The predicted molar refractivity (Wildman–Crippen MR) is 93.3 cm³/mol. The number of carbonyl (C=O) groups excluding carboxylic acids is 1. The fourth-order valence-electron chi connectivity index (χ4n) is 2.82. The van der Waals surface area contributed by atoms with Crippen LogP contribution in [-0.2, 0) is 0 Å². The maximum Gasteiger partial charge on any atom is 0.253 e. The molecule has 0 fully saturated rings. The van der Waals surface area contributed by atoms with Gasteiger partial charge in [0, 0.05) is 29.2 Å². The molecular weight excluding hydrogens is 339 g/mol. The molecule has 0 radical (unpaired) electrons. The summed E-state index contributed by atoms with van der Waals surface area (Å²) in [5.74, 6) is 1.08. The third-order valence-electron chi connectivity index (χ3n) is 4.10. The average Bonchev–Trinajstić information content (AvgIpc) is 3.17. The maximum absolute atomic E-state index is 13.6. The molecule has 126 valence electrons. The van der Waals surface area contributed by atoms with Crippen molar-refractivity contribution >= 4 is 17.7 Å². The summed E-state index contributed by atoms with van der Waals surface area (Å²) in [7, 11) is 0. The zero-order valence-electron chi connectivity index (χ0n) is 13.2. The number of thioether (sulfide) groups is 1. The second-order valence-electron chi connectivity index (χ2n) is 5.72. The molecule has 3 aromatic rings. The van der Waals surface area contributed by atoms with Crippen molar-refractivity contribution in [3.8, 4) is 5.82 Å². The molecule has 25 heavy (non-hydrogen) atoms. The van der Waals surface area contributed by atoms with Crippen LogP contribution in [0.5, 0.6) is 0 Å². The topological polar surface area (TPSA) is 59.8 Å². The van der Waals surface area contributed by atoms with Gasteiger partial charge in [-0.15, -0.1) is 11.8 Å². The molecule has 0 bridgehead atoms. The van der Waals surface area contributed by atoms with Crippen LogP contribution in [0.15, 0.2) is 60.1 Å². The Hall–Kier alpha value is -2.67. The minimum absolute atomic E-state index is 0.187. The summed E-state index contributed by atoms with van der Waals surface area (Å²) >= 11 is 1.69. The Morgan fingerprint density at radius 1 is 1.32 bits per heavy atom. The lowest BCUT2D eigenvalue weighted by molar-refractivity contribution is 0.0934. The first-order valence-electron chi connectivity index (χ1n) is 7.88. The van der Waals surface area contributed by atoms with Crippen LogP contribution in [0.2, 0.25) is 0 Å².